The zero-order chi connectivity index (χ0) is 19.1. The van der Waals surface area contributed by atoms with Gasteiger partial charge >= 0.3 is 0 Å². The monoisotopic (exact) mass is 485 g/mol. The van der Waals surface area contributed by atoms with E-state index in [4.69, 9.17) is 0 Å². The van der Waals surface area contributed by atoms with Gasteiger partial charge in [-0.05, 0) is 44.9 Å². The van der Waals surface area contributed by atoms with Crippen LogP contribution in [0.1, 0.15) is 23.9 Å². The van der Waals surface area contributed by atoms with Gasteiger partial charge in [0.25, 0.3) is 0 Å². The van der Waals surface area contributed by atoms with E-state index in [0.717, 1.165) is 17.8 Å². The van der Waals surface area contributed by atoms with Crippen molar-refractivity contribution >= 4 is 41.5 Å². The Bertz CT molecular complexity index is 774. The van der Waals surface area contributed by atoms with Crippen LogP contribution in [-0.2, 0) is 18.3 Å². The Morgan fingerprint density at radius 2 is 2.11 bits per heavy atom. The Balaban J connectivity index is 0.00000364. The number of nitrogens with zero attached hydrogens (tertiary/aromatic N) is 4. The molecule has 2 heterocycles. The average Bonchev–Trinajstić information content (AvgIpc) is 2.85. The minimum atomic E-state index is -0.160. The molecule has 148 valence electrons. The number of hydrogen-bond acceptors (Lipinski definition) is 4. The van der Waals surface area contributed by atoms with Gasteiger partial charge in [-0.3, -0.25) is 19.5 Å². The van der Waals surface area contributed by atoms with E-state index in [0.29, 0.717) is 11.6 Å². The van der Waals surface area contributed by atoms with Gasteiger partial charge in [0.1, 0.15) is 0 Å². The smallest absolute Gasteiger partial charge is 0.243 e. The van der Waals surface area contributed by atoms with Crippen molar-refractivity contribution in [2.24, 2.45) is 12.0 Å². The number of guanidine groups is 1. The van der Waals surface area contributed by atoms with E-state index < -0.39 is 0 Å². The van der Waals surface area contributed by atoms with Crippen LogP contribution in [0.3, 0.4) is 0 Å². The van der Waals surface area contributed by atoms with Crippen LogP contribution in [0.5, 0.6) is 0 Å². The average molecular weight is 485 g/mol. The Hall–Kier alpha value is -2.17. The number of amides is 1. The first-order valence-electron chi connectivity index (χ1n) is 8.56. The highest BCUT2D eigenvalue weighted by Crippen LogP contribution is 2.14. The highest BCUT2D eigenvalue weighted by atomic mass is 127. The highest BCUT2D eigenvalue weighted by molar-refractivity contribution is 14.0. The fourth-order valence-corrected chi connectivity index (χ4v) is 2.70. The zero-order valence-corrected chi connectivity index (χ0v) is 18.7. The Morgan fingerprint density at radius 3 is 2.67 bits per heavy atom. The molecule has 8 nitrogen and oxygen atoms in total. The standard InChI is InChI=1S/C18H27N7O.HI/c1-12(9-16-13(2)24-25(5)14(16)3)22-18(19-4)21-11-17(26)23-15-7-6-8-20-10-15;/h6-8,10,12H,9,11H2,1-5H3,(H,23,26)(H2,19,21,22);1H. The molecule has 0 fully saturated rings. The van der Waals surface area contributed by atoms with Crippen LogP contribution in [-0.4, -0.2) is 46.3 Å². The fourth-order valence-electron chi connectivity index (χ4n) is 2.70. The number of hydrogen-bond donors (Lipinski definition) is 3. The van der Waals surface area contributed by atoms with Gasteiger partial charge in [0.05, 0.1) is 24.1 Å². The summed E-state index contributed by atoms with van der Waals surface area (Å²) in [6.45, 7) is 6.28. The van der Waals surface area contributed by atoms with Crippen molar-refractivity contribution in [3.05, 3.63) is 41.5 Å². The summed E-state index contributed by atoms with van der Waals surface area (Å²) >= 11 is 0. The molecular formula is C18H28IN7O. The van der Waals surface area contributed by atoms with E-state index in [1.165, 1.54) is 5.56 Å². The second-order valence-electron chi connectivity index (χ2n) is 6.24. The number of nitrogens with one attached hydrogen (secondary N) is 3. The maximum Gasteiger partial charge on any atom is 0.243 e. The number of anilines is 1. The van der Waals surface area contributed by atoms with E-state index in [2.05, 4.69) is 44.9 Å². The lowest BCUT2D eigenvalue weighted by Crippen LogP contribution is -2.45. The molecule has 0 aliphatic heterocycles. The quantitative estimate of drug-likeness (QED) is 0.330. The summed E-state index contributed by atoms with van der Waals surface area (Å²) in [7, 11) is 3.63. The molecular weight excluding hydrogens is 457 g/mol. The molecule has 3 N–H and O–H groups in total. The first kappa shape index (κ1) is 22.9. The molecule has 0 saturated heterocycles. The lowest BCUT2D eigenvalue weighted by Gasteiger charge is -2.18. The molecule has 0 aliphatic rings. The van der Waals surface area contributed by atoms with Crippen molar-refractivity contribution in [3.63, 3.8) is 0 Å². The number of halogens is 1. The van der Waals surface area contributed by atoms with Gasteiger partial charge < -0.3 is 16.0 Å². The maximum atomic E-state index is 12.0. The summed E-state index contributed by atoms with van der Waals surface area (Å²) in [5.41, 5.74) is 4.10. The van der Waals surface area contributed by atoms with Gasteiger partial charge in [0, 0.05) is 32.0 Å². The molecule has 9 heteroatoms. The molecule has 1 unspecified atom stereocenters. The Morgan fingerprint density at radius 1 is 1.37 bits per heavy atom. The third kappa shape index (κ3) is 6.81. The topological polar surface area (TPSA) is 96.2 Å². The van der Waals surface area contributed by atoms with E-state index in [-0.39, 0.29) is 42.5 Å². The number of pyridine rings is 1. The lowest BCUT2D eigenvalue weighted by atomic mass is 10.1. The van der Waals surface area contributed by atoms with Crippen LogP contribution in [0.4, 0.5) is 5.69 Å². The van der Waals surface area contributed by atoms with Crippen molar-refractivity contribution in [2.75, 3.05) is 18.9 Å². The number of aryl methyl sites for hydroxylation is 2. The summed E-state index contributed by atoms with van der Waals surface area (Å²) in [5.74, 6) is 0.422. The van der Waals surface area contributed by atoms with E-state index in [1.807, 2.05) is 18.7 Å². The van der Waals surface area contributed by atoms with Crippen LogP contribution < -0.4 is 16.0 Å². The van der Waals surface area contributed by atoms with Crippen LogP contribution in [0.15, 0.2) is 29.5 Å². The molecule has 0 aliphatic carbocycles. The zero-order valence-electron chi connectivity index (χ0n) is 16.4. The Labute approximate surface area is 177 Å². The van der Waals surface area contributed by atoms with Crippen molar-refractivity contribution < 1.29 is 4.79 Å². The minimum absolute atomic E-state index is 0. The summed E-state index contributed by atoms with van der Waals surface area (Å²) in [6.07, 6.45) is 4.09. The van der Waals surface area contributed by atoms with E-state index >= 15 is 0 Å². The van der Waals surface area contributed by atoms with Crippen molar-refractivity contribution in [1.29, 1.82) is 0 Å². The first-order valence-corrected chi connectivity index (χ1v) is 8.56. The van der Waals surface area contributed by atoms with Gasteiger partial charge in [-0.1, -0.05) is 0 Å². The SMILES string of the molecule is CN=C(NCC(=O)Nc1cccnc1)NC(C)Cc1c(C)nn(C)c1C.I. The maximum absolute atomic E-state index is 12.0. The van der Waals surface area contributed by atoms with Crippen molar-refractivity contribution in [2.45, 2.75) is 33.2 Å². The molecule has 2 aromatic heterocycles. The fraction of sp³-hybridized carbons (Fsp3) is 0.444. The first-order chi connectivity index (χ1) is 12.4. The third-order valence-electron chi connectivity index (χ3n) is 4.14. The largest absolute Gasteiger partial charge is 0.354 e. The molecule has 2 rings (SSSR count). The molecule has 0 radical (unpaired) electrons. The van der Waals surface area contributed by atoms with Crippen LogP contribution in [0, 0.1) is 13.8 Å². The van der Waals surface area contributed by atoms with Crippen molar-refractivity contribution in [1.82, 2.24) is 25.4 Å². The number of carbonyl (C=O) groups excluding carboxylic acids is 1. The van der Waals surface area contributed by atoms with Crippen LogP contribution in [0.2, 0.25) is 0 Å². The van der Waals surface area contributed by atoms with Gasteiger partial charge in [-0.2, -0.15) is 5.10 Å². The van der Waals surface area contributed by atoms with Gasteiger partial charge in [-0.15, -0.1) is 24.0 Å². The Kier molecular flexibility index (Phi) is 9.19. The van der Waals surface area contributed by atoms with E-state index in [9.17, 15) is 4.79 Å². The van der Waals surface area contributed by atoms with Crippen LogP contribution in [0.25, 0.3) is 0 Å². The molecule has 0 spiro atoms. The van der Waals surface area contributed by atoms with E-state index in [1.54, 1.807) is 31.6 Å². The molecule has 1 amide bonds. The highest BCUT2D eigenvalue weighted by Gasteiger charge is 2.14. The number of aromatic nitrogens is 3. The predicted molar refractivity (Wildman–Crippen MR) is 119 cm³/mol. The number of rotatable bonds is 6. The third-order valence-corrected chi connectivity index (χ3v) is 4.14. The molecule has 0 saturated carbocycles. The number of aliphatic imine (C=N–C) groups is 1. The summed E-state index contributed by atoms with van der Waals surface area (Å²) < 4.78 is 1.90. The second kappa shape index (κ2) is 10.9. The molecule has 27 heavy (non-hydrogen) atoms. The lowest BCUT2D eigenvalue weighted by molar-refractivity contribution is -0.115. The van der Waals surface area contributed by atoms with Gasteiger partial charge in [-0.25, -0.2) is 0 Å². The second-order valence-corrected chi connectivity index (χ2v) is 6.24. The summed E-state index contributed by atoms with van der Waals surface area (Å²) in [4.78, 5) is 20.2. The minimum Gasteiger partial charge on any atom is -0.354 e. The van der Waals surface area contributed by atoms with Crippen molar-refractivity contribution in [3.8, 4) is 0 Å². The predicted octanol–water partition coefficient (Wildman–Crippen LogP) is 1.78. The number of carbonyl (C=O) groups is 1. The molecule has 2 aromatic rings. The molecule has 0 aromatic carbocycles. The summed E-state index contributed by atoms with van der Waals surface area (Å²) in [5, 5.41) is 13.6. The molecule has 0 bridgehead atoms. The summed E-state index contributed by atoms with van der Waals surface area (Å²) in [6, 6.07) is 3.70. The molecule has 1 atom stereocenters. The van der Waals surface area contributed by atoms with Gasteiger partial charge in [0.2, 0.25) is 5.91 Å². The normalized spacial score (nSPS) is 12.1. The van der Waals surface area contributed by atoms with Crippen LogP contribution >= 0.6 is 24.0 Å². The van der Waals surface area contributed by atoms with Gasteiger partial charge in [0.15, 0.2) is 5.96 Å².